The van der Waals surface area contributed by atoms with Crippen LogP contribution in [0.5, 0.6) is 0 Å². The van der Waals surface area contributed by atoms with E-state index in [0.29, 0.717) is 31.9 Å². The Hall–Kier alpha value is -1.52. The van der Waals surface area contributed by atoms with Crippen molar-refractivity contribution in [3.05, 3.63) is 29.8 Å². The number of hydrogen-bond acceptors (Lipinski definition) is 6. The number of carbonyl (C=O) groups is 1. The predicted octanol–water partition coefficient (Wildman–Crippen LogP) is -0.400. The van der Waals surface area contributed by atoms with Crippen molar-refractivity contribution in [3.63, 3.8) is 0 Å². The van der Waals surface area contributed by atoms with Crippen LogP contribution in [-0.4, -0.2) is 88.1 Å². The summed E-state index contributed by atoms with van der Waals surface area (Å²) in [5, 5.41) is 1.87. The lowest BCUT2D eigenvalue weighted by atomic mass is 10.2. The Morgan fingerprint density at radius 1 is 1.08 bits per heavy atom. The van der Waals surface area contributed by atoms with Gasteiger partial charge in [-0.15, -0.1) is 0 Å². The molecule has 0 unspecified atom stereocenters. The minimum absolute atomic E-state index is 0.139. The summed E-state index contributed by atoms with van der Waals surface area (Å²) >= 11 is 0. The first-order chi connectivity index (χ1) is 12.0. The number of morpholine rings is 1. The molecular formula is C16H24N4O4S. The van der Waals surface area contributed by atoms with Crippen molar-refractivity contribution in [2.45, 2.75) is 4.90 Å². The molecule has 0 radical (unpaired) electrons. The van der Waals surface area contributed by atoms with Gasteiger partial charge in [0.25, 0.3) is 5.91 Å². The molecule has 2 fully saturated rings. The zero-order chi connectivity index (χ0) is 17.9. The van der Waals surface area contributed by atoms with Crippen molar-refractivity contribution in [3.8, 4) is 0 Å². The van der Waals surface area contributed by atoms with Crippen LogP contribution in [0.2, 0.25) is 0 Å². The second-order valence-electron chi connectivity index (χ2n) is 6.28. The second kappa shape index (κ2) is 7.79. The third kappa shape index (κ3) is 4.36. The molecule has 0 bridgehead atoms. The number of sulfonamides is 1. The van der Waals surface area contributed by atoms with E-state index in [1.807, 2.05) is 12.1 Å². The van der Waals surface area contributed by atoms with E-state index in [1.165, 1.54) is 16.4 Å². The smallest absolute Gasteiger partial charge is 0.265 e. The summed E-state index contributed by atoms with van der Waals surface area (Å²) in [5.74, 6) is -0.288. The first-order valence-electron chi connectivity index (χ1n) is 8.39. The summed E-state index contributed by atoms with van der Waals surface area (Å²) in [4.78, 5) is 14.8. The summed E-state index contributed by atoms with van der Waals surface area (Å²) < 4.78 is 32.0. The highest BCUT2D eigenvalue weighted by molar-refractivity contribution is 7.89. The van der Waals surface area contributed by atoms with E-state index in [-0.39, 0.29) is 10.8 Å². The number of piperazine rings is 1. The lowest BCUT2D eigenvalue weighted by molar-refractivity contribution is 0.0662. The van der Waals surface area contributed by atoms with Gasteiger partial charge in [-0.05, 0) is 25.2 Å². The number of nitrogens with zero attached hydrogens (tertiary/aromatic N) is 3. The molecule has 1 amide bonds. The van der Waals surface area contributed by atoms with Crippen molar-refractivity contribution >= 4 is 15.9 Å². The van der Waals surface area contributed by atoms with Crippen LogP contribution in [0.3, 0.4) is 0 Å². The molecule has 25 heavy (non-hydrogen) atoms. The number of ether oxygens (including phenoxy) is 1. The maximum Gasteiger partial charge on any atom is 0.265 e. The molecule has 0 spiro atoms. The standard InChI is InChI=1S/C16H24N4O4S/c1-18-5-7-19(8-6-18)17-16(21)14-3-2-4-15(13-14)25(22,23)20-9-11-24-12-10-20/h2-4,13H,5-12H2,1H3,(H,17,21). The Labute approximate surface area is 148 Å². The van der Waals surface area contributed by atoms with Gasteiger partial charge in [-0.2, -0.15) is 4.31 Å². The molecule has 9 heteroatoms. The van der Waals surface area contributed by atoms with E-state index in [4.69, 9.17) is 4.74 Å². The number of benzene rings is 1. The van der Waals surface area contributed by atoms with E-state index in [9.17, 15) is 13.2 Å². The van der Waals surface area contributed by atoms with Gasteiger partial charge in [0.05, 0.1) is 18.1 Å². The highest BCUT2D eigenvalue weighted by Gasteiger charge is 2.27. The maximum absolute atomic E-state index is 12.7. The molecule has 0 aromatic heterocycles. The molecule has 1 N–H and O–H groups in total. The van der Waals surface area contributed by atoms with Gasteiger partial charge < -0.3 is 9.64 Å². The Balaban J connectivity index is 1.71. The number of amides is 1. The Kier molecular flexibility index (Phi) is 5.70. The molecule has 1 aromatic rings. The van der Waals surface area contributed by atoms with Crippen LogP contribution >= 0.6 is 0 Å². The van der Waals surface area contributed by atoms with Crippen LogP contribution in [0.1, 0.15) is 10.4 Å². The summed E-state index contributed by atoms with van der Waals surface area (Å²) in [6.45, 7) is 4.70. The van der Waals surface area contributed by atoms with Crippen molar-refractivity contribution in [1.29, 1.82) is 0 Å². The fourth-order valence-corrected chi connectivity index (χ4v) is 4.31. The number of hydrogen-bond donors (Lipinski definition) is 1. The molecule has 0 aliphatic carbocycles. The average Bonchev–Trinajstić information content (AvgIpc) is 2.64. The molecule has 2 heterocycles. The van der Waals surface area contributed by atoms with Crippen LogP contribution in [0.4, 0.5) is 0 Å². The molecule has 1 aromatic carbocycles. The van der Waals surface area contributed by atoms with Crippen LogP contribution < -0.4 is 5.43 Å². The third-order valence-electron chi connectivity index (χ3n) is 4.47. The van der Waals surface area contributed by atoms with Crippen molar-refractivity contribution in [2.75, 3.05) is 59.5 Å². The lowest BCUT2D eigenvalue weighted by Gasteiger charge is -2.32. The van der Waals surface area contributed by atoms with Crippen LogP contribution in [-0.2, 0) is 14.8 Å². The number of nitrogens with one attached hydrogen (secondary N) is 1. The summed E-state index contributed by atoms with van der Waals surface area (Å²) in [5.41, 5.74) is 3.19. The molecule has 0 saturated carbocycles. The Morgan fingerprint density at radius 2 is 1.76 bits per heavy atom. The van der Waals surface area contributed by atoms with E-state index in [1.54, 1.807) is 12.1 Å². The molecule has 138 valence electrons. The topological polar surface area (TPSA) is 82.2 Å². The molecule has 3 rings (SSSR count). The first-order valence-corrected chi connectivity index (χ1v) is 9.83. The van der Waals surface area contributed by atoms with E-state index in [2.05, 4.69) is 10.3 Å². The van der Waals surface area contributed by atoms with Gasteiger partial charge in [0.15, 0.2) is 0 Å². The SMILES string of the molecule is CN1CCN(NC(=O)c2cccc(S(=O)(=O)N3CCOCC3)c2)CC1. The van der Waals surface area contributed by atoms with Crippen LogP contribution in [0.25, 0.3) is 0 Å². The number of carbonyl (C=O) groups excluding carboxylic acids is 1. The quantitative estimate of drug-likeness (QED) is 0.779. The zero-order valence-corrected chi connectivity index (χ0v) is 15.2. The molecule has 2 aliphatic rings. The fourth-order valence-electron chi connectivity index (χ4n) is 2.86. The normalized spacial score (nSPS) is 21.2. The molecule has 2 saturated heterocycles. The Morgan fingerprint density at radius 3 is 2.44 bits per heavy atom. The minimum atomic E-state index is -3.61. The number of likely N-dealkylation sites (N-methyl/N-ethyl adjacent to an activating group) is 1. The van der Waals surface area contributed by atoms with Crippen molar-refractivity contribution in [2.24, 2.45) is 0 Å². The number of hydrazine groups is 1. The maximum atomic E-state index is 12.7. The minimum Gasteiger partial charge on any atom is -0.379 e. The van der Waals surface area contributed by atoms with Gasteiger partial charge in [-0.25, -0.2) is 13.4 Å². The van der Waals surface area contributed by atoms with Crippen molar-refractivity contribution < 1.29 is 17.9 Å². The summed E-state index contributed by atoms with van der Waals surface area (Å²) in [7, 11) is -1.56. The van der Waals surface area contributed by atoms with Gasteiger partial charge >= 0.3 is 0 Å². The van der Waals surface area contributed by atoms with Gasteiger partial charge in [0.1, 0.15) is 0 Å². The van der Waals surface area contributed by atoms with Crippen LogP contribution in [0, 0.1) is 0 Å². The third-order valence-corrected chi connectivity index (χ3v) is 6.36. The van der Waals surface area contributed by atoms with Crippen LogP contribution in [0.15, 0.2) is 29.2 Å². The largest absolute Gasteiger partial charge is 0.379 e. The molecule has 0 atom stereocenters. The van der Waals surface area contributed by atoms with Gasteiger partial charge in [-0.1, -0.05) is 6.07 Å². The van der Waals surface area contributed by atoms with E-state index < -0.39 is 10.0 Å². The fraction of sp³-hybridized carbons (Fsp3) is 0.562. The monoisotopic (exact) mass is 368 g/mol. The predicted molar refractivity (Wildman–Crippen MR) is 92.6 cm³/mol. The van der Waals surface area contributed by atoms with Crippen molar-refractivity contribution in [1.82, 2.24) is 19.6 Å². The zero-order valence-electron chi connectivity index (χ0n) is 14.3. The van der Waals surface area contributed by atoms with Gasteiger partial charge in [0, 0.05) is 44.8 Å². The summed E-state index contributed by atoms with van der Waals surface area (Å²) in [6.07, 6.45) is 0. The number of rotatable bonds is 4. The molecule has 8 nitrogen and oxygen atoms in total. The first kappa shape index (κ1) is 18.3. The highest BCUT2D eigenvalue weighted by Crippen LogP contribution is 2.18. The van der Waals surface area contributed by atoms with E-state index >= 15 is 0 Å². The highest BCUT2D eigenvalue weighted by atomic mass is 32.2. The van der Waals surface area contributed by atoms with Gasteiger partial charge in [-0.3, -0.25) is 10.2 Å². The van der Waals surface area contributed by atoms with Gasteiger partial charge in [0.2, 0.25) is 10.0 Å². The molecule has 2 aliphatic heterocycles. The molecular weight excluding hydrogens is 344 g/mol. The lowest BCUT2D eigenvalue weighted by Crippen LogP contribution is -2.52. The Bertz CT molecular complexity index is 711. The average molecular weight is 368 g/mol. The summed E-state index contributed by atoms with van der Waals surface area (Å²) in [6, 6.07) is 6.20. The van der Waals surface area contributed by atoms with E-state index in [0.717, 1.165) is 26.2 Å². The second-order valence-corrected chi connectivity index (χ2v) is 8.21.